The molecule has 0 spiro atoms. The van der Waals surface area contributed by atoms with Crippen molar-refractivity contribution in [3.63, 3.8) is 0 Å². The van der Waals surface area contributed by atoms with Crippen molar-refractivity contribution in [1.82, 2.24) is 9.97 Å². The van der Waals surface area contributed by atoms with E-state index in [0.29, 0.717) is 5.76 Å². The maximum atomic E-state index is 5.37. The summed E-state index contributed by atoms with van der Waals surface area (Å²) < 4.78 is 5.18. The van der Waals surface area contributed by atoms with E-state index in [1.165, 1.54) is 0 Å². The number of aromatic nitrogens is 2. The topological polar surface area (TPSA) is 64.9 Å². The summed E-state index contributed by atoms with van der Waals surface area (Å²) in [4.78, 5) is 7.82. The van der Waals surface area contributed by atoms with Crippen molar-refractivity contribution in [2.45, 2.75) is 6.92 Å². The van der Waals surface area contributed by atoms with E-state index in [9.17, 15) is 0 Å². The third-order valence-corrected chi connectivity index (χ3v) is 1.83. The number of hydrogen-bond donors (Lipinski definition) is 1. The van der Waals surface area contributed by atoms with Crippen molar-refractivity contribution in [2.75, 3.05) is 5.73 Å². The second-order valence-corrected chi connectivity index (χ2v) is 2.75. The Morgan fingerprint density at radius 3 is 2.85 bits per heavy atom. The molecule has 0 radical (unpaired) electrons. The summed E-state index contributed by atoms with van der Waals surface area (Å²) in [5.41, 5.74) is 7.38. The van der Waals surface area contributed by atoms with Gasteiger partial charge in [-0.25, -0.2) is 4.98 Å². The molecular weight excluding hydrogens is 166 g/mol. The Labute approximate surface area is 75.4 Å². The van der Waals surface area contributed by atoms with Gasteiger partial charge in [-0.05, 0) is 18.6 Å². The van der Waals surface area contributed by atoms with Crippen LogP contribution in [-0.4, -0.2) is 9.97 Å². The van der Waals surface area contributed by atoms with Crippen LogP contribution in [0.3, 0.4) is 0 Å². The van der Waals surface area contributed by atoms with Gasteiger partial charge in [0.1, 0.15) is 0 Å². The number of rotatable bonds is 1. The molecule has 2 heterocycles. The molecular formula is C9H9N3O. The Balaban J connectivity index is 2.52. The fourth-order valence-electron chi connectivity index (χ4n) is 1.13. The number of pyridine rings is 1. The zero-order valence-corrected chi connectivity index (χ0v) is 7.19. The summed E-state index contributed by atoms with van der Waals surface area (Å²) in [6.07, 6.45) is 5.06. The Bertz CT molecular complexity index is 422. The van der Waals surface area contributed by atoms with E-state index in [4.69, 9.17) is 10.2 Å². The average Bonchev–Trinajstić information content (AvgIpc) is 2.53. The zero-order chi connectivity index (χ0) is 9.26. The predicted octanol–water partition coefficient (Wildman–Crippen LogP) is 1.63. The third-order valence-electron chi connectivity index (χ3n) is 1.83. The number of hydrogen-bond acceptors (Lipinski definition) is 4. The Morgan fingerprint density at radius 2 is 2.23 bits per heavy atom. The van der Waals surface area contributed by atoms with Gasteiger partial charge in [0.25, 0.3) is 6.01 Å². The number of anilines is 1. The monoisotopic (exact) mass is 175 g/mol. The van der Waals surface area contributed by atoms with Crippen molar-refractivity contribution in [3.8, 4) is 11.3 Å². The minimum Gasteiger partial charge on any atom is -0.424 e. The van der Waals surface area contributed by atoms with Gasteiger partial charge in [0, 0.05) is 18.0 Å². The van der Waals surface area contributed by atoms with Gasteiger partial charge >= 0.3 is 0 Å². The predicted molar refractivity (Wildman–Crippen MR) is 48.9 cm³/mol. The number of nitrogens with zero attached hydrogens (tertiary/aromatic N) is 2. The maximum Gasteiger partial charge on any atom is 0.292 e. The highest BCUT2D eigenvalue weighted by atomic mass is 16.4. The maximum absolute atomic E-state index is 5.37. The van der Waals surface area contributed by atoms with Crippen molar-refractivity contribution >= 4 is 6.01 Å². The smallest absolute Gasteiger partial charge is 0.292 e. The van der Waals surface area contributed by atoms with Crippen molar-refractivity contribution in [2.24, 2.45) is 0 Å². The van der Waals surface area contributed by atoms with E-state index >= 15 is 0 Å². The van der Waals surface area contributed by atoms with Gasteiger partial charge in [-0.1, -0.05) is 0 Å². The summed E-state index contributed by atoms with van der Waals surface area (Å²) in [7, 11) is 0. The minimum absolute atomic E-state index is 0.179. The normalized spacial score (nSPS) is 10.2. The number of aryl methyl sites for hydroxylation is 1. The first-order chi connectivity index (χ1) is 6.27. The second-order valence-electron chi connectivity index (χ2n) is 2.75. The van der Waals surface area contributed by atoms with Gasteiger partial charge in [0.05, 0.1) is 6.20 Å². The quantitative estimate of drug-likeness (QED) is 0.715. The molecule has 0 bridgehead atoms. The fourth-order valence-corrected chi connectivity index (χ4v) is 1.13. The zero-order valence-electron chi connectivity index (χ0n) is 7.19. The van der Waals surface area contributed by atoms with Gasteiger partial charge in [-0.15, -0.1) is 0 Å². The molecule has 0 aliphatic heterocycles. The van der Waals surface area contributed by atoms with E-state index in [2.05, 4.69) is 9.97 Å². The van der Waals surface area contributed by atoms with Crippen LogP contribution in [0.1, 0.15) is 5.56 Å². The Morgan fingerprint density at radius 1 is 1.38 bits per heavy atom. The first kappa shape index (κ1) is 7.79. The van der Waals surface area contributed by atoms with E-state index in [1.54, 1.807) is 18.6 Å². The molecule has 0 aliphatic rings. The summed E-state index contributed by atoms with van der Waals surface area (Å²) >= 11 is 0. The molecule has 0 atom stereocenters. The van der Waals surface area contributed by atoms with Crippen molar-refractivity contribution in [3.05, 3.63) is 30.2 Å². The van der Waals surface area contributed by atoms with Gasteiger partial charge < -0.3 is 10.2 Å². The number of nitrogens with two attached hydrogens (primary N) is 1. The van der Waals surface area contributed by atoms with Crippen molar-refractivity contribution in [1.29, 1.82) is 0 Å². The Kier molecular flexibility index (Phi) is 1.73. The minimum atomic E-state index is 0.179. The van der Waals surface area contributed by atoms with Gasteiger partial charge in [0.2, 0.25) is 0 Å². The summed E-state index contributed by atoms with van der Waals surface area (Å²) in [6, 6.07) is 2.09. The Hall–Kier alpha value is -1.84. The molecule has 0 aromatic carbocycles. The van der Waals surface area contributed by atoms with Crippen LogP contribution in [0.5, 0.6) is 0 Å². The molecule has 0 fully saturated rings. The number of nitrogen functional groups attached to an aromatic ring is 1. The first-order valence-corrected chi connectivity index (χ1v) is 3.89. The molecule has 2 aromatic heterocycles. The molecule has 2 rings (SSSR count). The highest BCUT2D eigenvalue weighted by Crippen LogP contribution is 2.23. The highest BCUT2D eigenvalue weighted by Gasteiger charge is 2.06. The van der Waals surface area contributed by atoms with Gasteiger partial charge in [-0.2, -0.15) is 0 Å². The average molecular weight is 175 g/mol. The van der Waals surface area contributed by atoms with E-state index < -0.39 is 0 Å². The molecule has 2 aromatic rings. The van der Waals surface area contributed by atoms with E-state index in [1.807, 2.05) is 13.0 Å². The second kappa shape index (κ2) is 2.90. The SMILES string of the molecule is Cc1ccncc1-c1cnc(N)o1. The lowest BCUT2D eigenvalue weighted by atomic mass is 10.1. The van der Waals surface area contributed by atoms with Crippen LogP contribution in [0.15, 0.2) is 29.1 Å². The first-order valence-electron chi connectivity index (χ1n) is 3.89. The summed E-state index contributed by atoms with van der Waals surface area (Å²) in [5.74, 6) is 0.656. The van der Waals surface area contributed by atoms with Crippen LogP contribution in [0.4, 0.5) is 6.01 Å². The van der Waals surface area contributed by atoms with Gasteiger partial charge in [-0.3, -0.25) is 4.98 Å². The molecule has 0 saturated carbocycles. The third kappa shape index (κ3) is 1.38. The summed E-state index contributed by atoms with van der Waals surface area (Å²) in [6.45, 7) is 1.98. The number of oxazole rings is 1. The van der Waals surface area contributed by atoms with Gasteiger partial charge in [0.15, 0.2) is 5.76 Å². The molecule has 0 aliphatic carbocycles. The summed E-state index contributed by atoms with van der Waals surface area (Å²) in [5, 5.41) is 0. The van der Waals surface area contributed by atoms with Crippen molar-refractivity contribution < 1.29 is 4.42 Å². The lowest BCUT2D eigenvalue weighted by molar-refractivity contribution is 0.594. The van der Waals surface area contributed by atoms with Crippen LogP contribution in [-0.2, 0) is 0 Å². The molecule has 0 unspecified atom stereocenters. The highest BCUT2D eigenvalue weighted by molar-refractivity contribution is 5.60. The largest absolute Gasteiger partial charge is 0.424 e. The van der Waals surface area contributed by atoms with E-state index in [-0.39, 0.29) is 6.01 Å². The van der Waals surface area contributed by atoms with Crippen LogP contribution < -0.4 is 5.73 Å². The fraction of sp³-hybridized carbons (Fsp3) is 0.111. The standard InChI is InChI=1S/C9H9N3O/c1-6-2-3-11-4-7(6)8-5-12-9(10)13-8/h2-5H,1H3,(H2,10,12). The molecule has 0 amide bonds. The van der Waals surface area contributed by atoms with Crippen LogP contribution >= 0.6 is 0 Å². The van der Waals surface area contributed by atoms with Crippen LogP contribution in [0.25, 0.3) is 11.3 Å². The molecule has 4 nitrogen and oxygen atoms in total. The van der Waals surface area contributed by atoms with Crippen LogP contribution in [0.2, 0.25) is 0 Å². The lowest BCUT2D eigenvalue weighted by Gasteiger charge is -1.98. The molecule has 0 saturated heterocycles. The molecule has 13 heavy (non-hydrogen) atoms. The molecule has 2 N–H and O–H groups in total. The lowest BCUT2D eigenvalue weighted by Crippen LogP contribution is -1.82. The van der Waals surface area contributed by atoms with Crippen LogP contribution in [0, 0.1) is 6.92 Å². The molecule has 66 valence electrons. The molecule has 4 heteroatoms. The van der Waals surface area contributed by atoms with E-state index in [0.717, 1.165) is 11.1 Å².